The Morgan fingerprint density at radius 3 is 2.82 bits per heavy atom. The van der Waals surface area contributed by atoms with E-state index in [1.54, 1.807) is 0 Å². The second-order valence-corrected chi connectivity index (χ2v) is 5.01. The van der Waals surface area contributed by atoms with Crippen molar-refractivity contribution >= 4 is 15.9 Å². The fraction of sp³-hybridized carbons (Fsp3) is 0.308. The summed E-state index contributed by atoms with van der Waals surface area (Å²) in [7, 11) is 2.01. The lowest BCUT2D eigenvalue weighted by Gasteiger charge is -2.07. The number of imidazole rings is 1. The Balaban J connectivity index is 1.92. The average molecular weight is 294 g/mol. The van der Waals surface area contributed by atoms with Crippen molar-refractivity contribution in [1.82, 2.24) is 14.9 Å². The molecule has 0 aliphatic carbocycles. The predicted molar refractivity (Wildman–Crippen MR) is 72.6 cm³/mol. The van der Waals surface area contributed by atoms with Crippen LogP contribution < -0.4 is 5.32 Å². The minimum absolute atomic E-state index is 0.782. The minimum atomic E-state index is 0.782. The normalized spacial score (nSPS) is 10.8. The van der Waals surface area contributed by atoms with E-state index in [2.05, 4.69) is 51.4 Å². The summed E-state index contributed by atoms with van der Waals surface area (Å²) in [6.07, 6.45) is 3.78. The number of hydrogen-bond donors (Lipinski definition) is 1. The molecule has 4 heteroatoms. The van der Waals surface area contributed by atoms with Crippen LogP contribution in [-0.4, -0.2) is 9.55 Å². The second kappa shape index (κ2) is 5.47. The molecule has 0 saturated heterocycles. The van der Waals surface area contributed by atoms with E-state index >= 15 is 0 Å². The van der Waals surface area contributed by atoms with Crippen molar-refractivity contribution < 1.29 is 0 Å². The molecule has 1 aromatic carbocycles. The summed E-state index contributed by atoms with van der Waals surface area (Å²) in [4.78, 5) is 4.27. The van der Waals surface area contributed by atoms with Crippen LogP contribution in [0, 0.1) is 6.92 Å². The molecule has 0 radical (unpaired) electrons. The molecule has 3 nitrogen and oxygen atoms in total. The number of nitrogens with one attached hydrogen (secondary N) is 1. The van der Waals surface area contributed by atoms with Crippen LogP contribution in [-0.2, 0) is 20.1 Å². The van der Waals surface area contributed by atoms with Crippen LogP contribution in [0.3, 0.4) is 0 Å². The molecule has 0 spiro atoms. The fourth-order valence-corrected chi connectivity index (χ4v) is 2.30. The van der Waals surface area contributed by atoms with Crippen molar-refractivity contribution in [3.63, 3.8) is 0 Å². The van der Waals surface area contributed by atoms with Gasteiger partial charge >= 0.3 is 0 Å². The van der Waals surface area contributed by atoms with E-state index in [1.165, 1.54) is 11.1 Å². The first kappa shape index (κ1) is 12.3. The van der Waals surface area contributed by atoms with E-state index in [9.17, 15) is 0 Å². The topological polar surface area (TPSA) is 29.9 Å². The molecular formula is C13H16BrN3. The zero-order chi connectivity index (χ0) is 12.3. The summed E-state index contributed by atoms with van der Waals surface area (Å²) in [6, 6.07) is 6.41. The van der Waals surface area contributed by atoms with Crippen LogP contribution in [0.2, 0.25) is 0 Å². The summed E-state index contributed by atoms with van der Waals surface area (Å²) in [6.45, 7) is 3.72. The first-order chi connectivity index (χ1) is 8.16. The molecule has 2 rings (SSSR count). The highest BCUT2D eigenvalue weighted by Crippen LogP contribution is 2.18. The van der Waals surface area contributed by atoms with Crippen LogP contribution in [0.4, 0.5) is 0 Å². The summed E-state index contributed by atoms with van der Waals surface area (Å²) >= 11 is 3.58. The van der Waals surface area contributed by atoms with Crippen LogP contribution >= 0.6 is 15.9 Å². The highest BCUT2D eigenvalue weighted by Gasteiger charge is 2.01. The quantitative estimate of drug-likeness (QED) is 0.939. The molecular weight excluding hydrogens is 278 g/mol. The molecule has 0 amide bonds. The fourth-order valence-electron chi connectivity index (χ4n) is 1.67. The maximum absolute atomic E-state index is 4.27. The zero-order valence-corrected chi connectivity index (χ0v) is 11.7. The number of benzene rings is 1. The SMILES string of the molecule is Cc1ccc(CNCc2nccn2C)c(Br)c1. The van der Waals surface area contributed by atoms with Gasteiger partial charge in [-0.05, 0) is 24.1 Å². The monoisotopic (exact) mass is 293 g/mol. The smallest absolute Gasteiger partial charge is 0.122 e. The number of hydrogen-bond acceptors (Lipinski definition) is 2. The third kappa shape index (κ3) is 3.17. The third-order valence-corrected chi connectivity index (χ3v) is 3.47. The molecule has 0 unspecified atom stereocenters. The number of aryl methyl sites for hydroxylation is 2. The first-order valence-corrected chi connectivity index (χ1v) is 6.38. The highest BCUT2D eigenvalue weighted by atomic mass is 79.9. The van der Waals surface area contributed by atoms with Gasteiger partial charge in [-0.25, -0.2) is 4.98 Å². The number of aromatic nitrogens is 2. The summed E-state index contributed by atoms with van der Waals surface area (Å²) in [5.74, 6) is 1.05. The third-order valence-electron chi connectivity index (χ3n) is 2.73. The molecule has 1 aromatic heterocycles. The van der Waals surface area contributed by atoms with E-state index in [4.69, 9.17) is 0 Å². The maximum atomic E-state index is 4.27. The molecule has 90 valence electrons. The van der Waals surface area contributed by atoms with Gasteiger partial charge in [0.2, 0.25) is 0 Å². The Morgan fingerprint density at radius 2 is 2.18 bits per heavy atom. The summed E-state index contributed by atoms with van der Waals surface area (Å²) in [5.41, 5.74) is 2.54. The van der Waals surface area contributed by atoms with Crippen LogP contribution in [0.1, 0.15) is 17.0 Å². The van der Waals surface area contributed by atoms with Gasteiger partial charge in [-0.15, -0.1) is 0 Å². The maximum Gasteiger partial charge on any atom is 0.122 e. The Bertz CT molecular complexity index is 505. The van der Waals surface area contributed by atoms with Gasteiger partial charge in [0.05, 0.1) is 6.54 Å². The standard InChI is InChI=1S/C13H16BrN3/c1-10-3-4-11(12(14)7-10)8-15-9-13-16-5-6-17(13)2/h3-7,15H,8-9H2,1-2H3. The second-order valence-electron chi connectivity index (χ2n) is 4.15. The Morgan fingerprint density at radius 1 is 1.35 bits per heavy atom. The summed E-state index contributed by atoms with van der Waals surface area (Å²) in [5, 5.41) is 3.39. The molecule has 0 aliphatic heterocycles. The van der Waals surface area contributed by atoms with Crippen molar-refractivity contribution in [2.75, 3.05) is 0 Å². The van der Waals surface area contributed by atoms with E-state index in [-0.39, 0.29) is 0 Å². The van der Waals surface area contributed by atoms with E-state index in [0.717, 1.165) is 23.4 Å². The highest BCUT2D eigenvalue weighted by molar-refractivity contribution is 9.10. The molecule has 0 aliphatic rings. The van der Waals surface area contributed by atoms with Crippen molar-refractivity contribution in [3.8, 4) is 0 Å². The Labute approximate surface area is 110 Å². The number of halogens is 1. The lowest BCUT2D eigenvalue weighted by atomic mass is 10.1. The van der Waals surface area contributed by atoms with Crippen molar-refractivity contribution in [3.05, 3.63) is 52.0 Å². The van der Waals surface area contributed by atoms with Crippen molar-refractivity contribution in [1.29, 1.82) is 0 Å². The lowest BCUT2D eigenvalue weighted by Crippen LogP contribution is -2.16. The van der Waals surface area contributed by atoms with Gasteiger partial charge in [0.1, 0.15) is 5.82 Å². The van der Waals surface area contributed by atoms with Crippen LogP contribution in [0.5, 0.6) is 0 Å². The Hall–Kier alpha value is -1.13. The van der Waals surface area contributed by atoms with Gasteiger partial charge < -0.3 is 9.88 Å². The van der Waals surface area contributed by atoms with E-state index in [1.807, 2.05) is 24.0 Å². The van der Waals surface area contributed by atoms with Gasteiger partial charge in [-0.2, -0.15) is 0 Å². The summed E-state index contributed by atoms with van der Waals surface area (Å²) < 4.78 is 3.18. The molecule has 1 heterocycles. The van der Waals surface area contributed by atoms with Crippen LogP contribution in [0.15, 0.2) is 35.1 Å². The van der Waals surface area contributed by atoms with Crippen LogP contribution in [0.25, 0.3) is 0 Å². The molecule has 17 heavy (non-hydrogen) atoms. The van der Waals surface area contributed by atoms with E-state index in [0.29, 0.717) is 0 Å². The molecule has 0 bridgehead atoms. The van der Waals surface area contributed by atoms with Gasteiger partial charge in [-0.1, -0.05) is 28.1 Å². The average Bonchev–Trinajstić information content (AvgIpc) is 2.68. The van der Waals surface area contributed by atoms with Crippen molar-refractivity contribution in [2.24, 2.45) is 7.05 Å². The predicted octanol–water partition coefficient (Wildman–Crippen LogP) is 2.78. The van der Waals surface area contributed by atoms with Gasteiger partial charge in [-0.3, -0.25) is 0 Å². The van der Waals surface area contributed by atoms with Crippen molar-refractivity contribution in [2.45, 2.75) is 20.0 Å². The zero-order valence-electron chi connectivity index (χ0n) is 10.1. The molecule has 0 saturated carbocycles. The Kier molecular flexibility index (Phi) is 3.97. The minimum Gasteiger partial charge on any atom is -0.337 e. The molecule has 0 atom stereocenters. The molecule has 0 fully saturated rings. The number of rotatable bonds is 4. The molecule has 1 N–H and O–H groups in total. The van der Waals surface area contributed by atoms with Gasteiger partial charge in [0, 0.05) is 30.5 Å². The number of nitrogens with zero attached hydrogens (tertiary/aromatic N) is 2. The largest absolute Gasteiger partial charge is 0.337 e. The first-order valence-electron chi connectivity index (χ1n) is 5.59. The van der Waals surface area contributed by atoms with Gasteiger partial charge in [0.25, 0.3) is 0 Å². The molecule has 2 aromatic rings. The van der Waals surface area contributed by atoms with E-state index < -0.39 is 0 Å². The van der Waals surface area contributed by atoms with Gasteiger partial charge in [0.15, 0.2) is 0 Å². The lowest BCUT2D eigenvalue weighted by molar-refractivity contribution is 0.638.